The zero-order chi connectivity index (χ0) is 18.4. The topological polar surface area (TPSA) is 85.4 Å². The van der Waals surface area contributed by atoms with Crippen molar-refractivity contribution in [3.8, 4) is 11.5 Å². The highest BCUT2D eigenvalue weighted by atomic mass is 16.5. The van der Waals surface area contributed by atoms with Gasteiger partial charge in [0.25, 0.3) is 5.91 Å². The van der Waals surface area contributed by atoms with Gasteiger partial charge < -0.3 is 20.1 Å². The second-order valence-electron chi connectivity index (χ2n) is 5.30. The fourth-order valence-electron chi connectivity index (χ4n) is 2.31. The number of rotatable bonds is 6. The lowest BCUT2D eigenvalue weighted by atomic mass is 10.2. The first-order valence-corrected chi connectivity index (χ1v) is 7.87. The summed E-state index contributed by atoms with van der Waals surface area (Å²) in [5.41, 5.74) is 1.63. The second-order valence-corrected chi connectivity index (χ2v) is 5.30. The summed E-state index contributed by atoms with van der Waals surface area (Å²) in [6.07, 6.45) is 1.34. The number of aromatic nitrogens is 2. The summed E-state index contributed by atoms with van der Waals surface area (Å²) < 4.78 is 10.4. The van der Waals surface area contributed by atoms with Gasteiger partial charge in [-0.15, -0.1) is 0 Å². The number of hydrogen-bond acceptors (Lipinski definition) is 6. The Morgan fingerprint density at radius 3 is 2.46 bits per heavy atom. The first-order valence-electron chi connectivity index (χ1n) is 7.87. The molecule has 2 N–H and O–H groups in total. The minimum absolute atomic E-state index is 0.238. The zero-order valence-corrected chi connectivity index (χ0v) is 14.4. The van der Waals surface area contributed by atoms with E-state index in [-0.39, 0.29) is 11.6 Å². The standard InChI is InChI=1S/C19H18N4O3/c1-25-14-9-7-13(8-10-14)22-18-11-16(20-12-21-18)19(24)23-15-5-3-4-6-17(15)26-2/h3-12H,1-2H3,(H,23,24)(H,20,21,22). The quantitative estimate of drug-likeness (QED) is 0.708. The summed E-state index contributed by atoms with van der Waals surface area (Å²) in [5.74, 6) is 1.49. The molecule has 0 fully saturated rings. The van der Waals surface area contributed by atoms with Crippen molar-refractivity contribution in [3.63, 3.8) is 0 Å². The first kappa shape index (κ1) is 17.2. The van der Waals surface area contributed by atoms with Crippen molar-refractivity contribution in [2.45, 2.75) is 0 Å². The molecule has 0 unspecified atom stereocenters. The molecule has 0 aliphatic heterocycles. The van der Waals surface area contributed by atoms with Crippen LogP contribution in [0.2, 0.25) is 0 Å². The van der Waals surface area contributed by atoms with Crippen molar-refractivity contribution < 1.29 is 14.3 Å². The summed E-state index contributed by atoms with van der Waals surface area (Å²) in [7, 11) is 3.16. The molecule has 132 valence electrons. The molecule has 0 atom stereocenters. The molecule has 0 saturated carbocycles. The number of para-hydroxylation sites is 2. The molecule has 7 heteroatoms. The van der Waals surface area contributed by atoms with Gasteiger partial charge in [-0.3, -0.25) is 4.79 Å². The molecular formula is C19H18N4O3. The molecule has 0 spiro atoms. The Hall–Kier alpha value is -3.61. The highest BCUT2D eigenvalue weighted by molar-refractivity contribution is 6.04. The van der Waals surface area contributed by atoms with Crippen molar-refractivity contribution in [1.82, 2.24) is 9.97 Å². The van der Waals surface area contributed by atoms with Gasteiger partial charge in [0.1, 0.15) is 29.3 Å². The molecule has 0 bridgehead atoms. The summed E-state index contributed by atoms with van der Waals surface area (Å²) >= 11 is 0. The maximum absolute atomic E-state index is 12.5. The number of nitrogens with one attached hydrogen (secondary N) is 2. The number of amides is 1. The minimum atomic E-state index is -0.352. The number of benzene rings is 2. The second kappa shape index (κ2) is 7.98. The maximum Gasteiger partial charge on any atom is 0.274 e. The maximum atomic E-state index is 12.5. The first-order chi connectivity index (χ1) is 12.7. The molecule has 3 rings (SSSR count). The normalized spacial score (nSPS) is 10.1. The van der Waals surface area contributed by atoms with Crippen LogP contribution in [0.1, 0.15) is 10.5 Å². The largest absolute Gasteiger partial charge is 0.497 e. The molecule has 1 aromatic heterocycles. The highest BCUT2D eigenvalue weighted by Crippen LogP contribution is 2.24. The molecule has 0 aliphatic rings. The Morgan fingerprint density at radius 1 is 0.962 bits per heavy atom. The Kier molecular flexibility index (Phi) is 5.28. The van der Waals surface area contributed by atoms with Crippen LogP contribution in [0, 0.1) is 0 Å². The number of methoxy groups -OCH3 is 2. The van der Waals surface area contributed by atoms with E-state index in [2.05, 4.69) is 20.6 Å². The van der Waals surface area contributed by atoms with E-state index in [0.29, 0.717) is 17.3 Å². The van der Waals surface area contributed by atoms with Crippen LogP contribution in [-0.2, 0) is 0 Å². The Morgan fingerprint density at radius 2 is 1.73 bits per heavy atom. The molecule has 3 aromatic rings. The van der Waals surface area contributed by atoms with Gasteiger partial charge in [-0.05, 0) is 36.4 Å². The van der Waals surface area contributed by atoms with E-state index in [1.54, 1.807) is 32.4 Å². The van der Waals surface area contributed by atoms with Crippen molar-refractivity contribution in [2.24, 2.45) is 0 Å². The van der Waals surface area contributed by atoms with E-state index in [4.69, 9.17) is 9.47 Å². The van der Waals surface area contributed by atoms with Crippen LogP contribution in [0.3, 0.4) is 0 Å². The Labute approximate surface area is 151 Å². The van der Waals surface area contributed by atoms with Gasteiger partial charge in [-0.1, -0.05) is 12.1 Å². The lowest BCUT2D eigenvalue weighted by molar-refractivity contribution is 0.102. The van der Waals surface area contributed by atoms with Gasteiger partial charge in [-0.2, -0.15) is 0 Å². The van der Waals surface area contributed by atoms with Crippen LogP contribution in [-0.4, -0.2) is 30.1 Å². The molecule has 0 radical (unpaired) electrons. The number of carbonyl (C=O) groups excluding carboxylic acids is 1. The van der Waals surface area contributed by atoms with Crippen LogP contribution in [0.4, 0.5) is 17.2 Å². The van der Waals surface area contributed by atoms with Crippen molar-refractivity contribution in [3.05, 3.63) is 66.6 Å². The molecular weight excluding hydrogens is 332 g/mol. The Bertz CT molecular complexity index is 897. The fraction of sp³-hybridized carbons (Fsp3) is 0.105. The molecule has 1 amide bonds. The van der Waals surface area contributed by atoms with Gasteiger partial charge in [0.2, 0.25) is 0 Å². The summed E-state index contributed by atoms with van der Waals surface area (Å²) in [4.78, 5) is 20.6. The summed E-state index contributed by atoms with van der Waals surface area (Å²) in [6.45, 7) is 0. The van der Waals surface area contributed by atoms with Crippen LogP contribution < -0.4 is 20.1 Å². The fourth-order valence-corrected chi connectivity index (χ4v) is 2.31. The minimum Gasteiger partial charge on any atom is -0.497 e. The SMILES string of the molecule is COc1ccc(Nc2cc(C(=O)Nc3ccccc3OC)ncn2)cc1. The summed E-state index contributed by atoms with van der Waals surface area (Å²) in [6, 6.07) is 16.1. The molecule has 26 heavy (non-hydrogen) atoms. The third kappa shape index (κ3) is 4.07. The average Bonchev–Trinajstić information content (AvgIpc) is 2.69. The third-order valence-corrected chi connectivity index (χ3v) is 3.62. The Balaban J connectivity index is 1.74. The van der Waals surface area contributed by atoms with E-state index < -0.39 is 0 Å². The van der Waals surface area contributed by atoms with Crippen LogP contribution in [0.25, 0.3) is 0 Å². The van der Waals surface area contributed by atoms with Gasteiger partial charge in [0.05, 0.1) is 19.9 Å². The zero-order valence-electron chi connectivity index (χ0n) is 14.4. The lowest BCUT2D eigenvalue weighted by Gasteiger charge is -2.10. The predicted molar refractivity (Wildman–Crippen MR) is 99.3 cm³/mol. The number of carbonyl (C=O) groups is 1. The van der Waals surface area contributed by atoms with Crippen LogP contribution in [0.15, 0.2) is 60.9 Å². The van der Waals surface area contributed by atoms with E-state index in [1.807, 2.05) is 36.4 Å². The predicted octanol–water partition coefficient (Wildman–Crippen LogP) is 3.49. The van der Waals surface area contributed by atoms with Crippen LogP contribution >= 0.6 is 0 Å². The number of anilines is 3. The lowest BCUT2D eigenvalue weighted by Crippen LogP contribution is -2.15. The molecule has 0 saturated heterocycles. The smallest absolute Gasteiger partial charge is 0.274 e. The highest BCUT2D eigenvalue weighted by Gasteiger charge is 2.12. The van der Waals surface area contributed by atoms with E-state index in [9.17, 15) is 4.79 Å². The third-order valence-electron chi connectivity index (χ3n) is 3.62. The average molecular weight is 350 g/mol. The van der Waals surface area contributed by atoms with Gasteiger partial charge in [-0.25, -0.2) is 9.97 Å². The number of nitrogens with zero attached hydrogens (tertiary/aromatic N) is 2. The molecule has 2 aromatic carbocycles. The van der Waals surface area contributed by atoms with E-state index in [0.717, 1.165) is 11.4 Å². The van der Waals surface area contributed by atoms with Crippen molar-refractivity contribution >= 4 is 23.1 Å². The van der Waals surface area contributed by atoms with E-state index in [1.165, 1.54) is 6.33 Å². The summed E-state index contributed by atoms with van der Waals surface area (Å²) in [5, 5.41) is 5.91. The monoisotopic (exact) mass is 350 g/mol. The number of ether oxygens (including phenoxy) is 2. The van der Waals surface area contributed by atoms with Crippen molar-refractivity contribution in [2.75, 3.05) is 24.9 Å². The molecule has 1 heterocycles. The van der Waals surface area contributed by atoms with Gasteiger partial charge in [0.15, 0.2) is 0 Å². The van der Waals surface area contributed by atoms with Gasteiger partial charge in [0, 0.05) is 11.8 Å². The molecule has 0 aliphatic carbocycles. The van der Waals surface area contributed by atoms with Crippen LogP contribution in [0.5, 0.6) is 11.5 Å². The van der Waals surface area contributed by atoms with Gasteiger partial charge >= 0.3 is 0 Å². The van der Waals surface area contributed by atoms with Crippen molar-refractivity contribution in [1.29, 1.82) is 0 Å². The molecule has 7 nitrogen and oxygen atoms in total. The number of hydrogen-bond donors (Lipinski definition) is 2. The van der Waals surface area contributed by atoms with E-state index >= 15 is 0 Å².